The van der Waals surface area contributed by atoms with Gasteiger partial charge in [-0.2, -0.15) is 0 Å². The topological polar surface area (TPSA) is 0 Å². The Bertz CT molecular complexity index is 242. The summed E-state index contributed by atoms with van der Waals surface area (Å²) in [6.45, 7) is 6.71. The van der Waals surface area contributed by atoms with Gasteiger partial charge in [0.1, 0.15) is 0 Å². The monoisotopic (exact) mass is 252 g/mol. The van der Waals surface area contributed by atoms with Crippen LogP contribution in [0.4, 0.5) is 0 Å². The summed E-state index contributed by atoms with van der Waals surface area (Å²) in [4.78, 5) is 1.49. The molecule has 0 aromatic carbocycles. The molecule has 1 heteroatoms. The van der Waals surface area contributed by atoms with Gasteiger partial charge in [-0.15, -0.1) is 11.8 Å². The average Bonchev–Trinajstić information content (AvgIpc) is 2.35. The summed E-state index contributed by atoms with van der Waals surface area (Å²) in [5.74, 6) is 7.72. The fourth-order valence-electron chi connectivity index (χ4n) is 1.35. The Hall–Kier alpha value is -0.350. The molecule has 17 heavy (non-hydrogen) atoms. The van der Waals surface area contributed by atoms with Crippen LogP contribution in [-0.4, -0.2) is 5.75 Å². The van der Waals surface area contributed by atoms with Crippen molar-refractivity contribution in [3.63, 3.8) is 0 Å². The minimum absolute atomic E-state index is 1.05. The molecule has 0 aromatic rings. The Labute approximate surface area is 113 Å². The molecule has 0 aliphatic rings. The van der Waals surface area contributed by atoms with E-state index in [2.05, 4.69) is 38.7 Å². The lowest BCUT2D eigenvalue weighted by Gasteiger charge is -2.04. The molecule has 0 bridgehead atoms. The number of unbranched alkanes of at least 4 members (excludes halogenated alkanes) is 4. The number of allylic oxidation sites excluding steroid dienone is 2. The molecule has 0 radical (unpaired) electrons. The van der Waals surface area contributed by atoms with E-state index < -0.39 is 0 Å². The third-order valence-electron chi connectivity index (χ3n) is 2.55. The van der Waals surface area contributed by atoms with Crippen LogP contribution in [-0.2, 0) is 0 Å². The quantitative estimate of drug-likeness (QED) is 0.370. The second-order valence-corrected chi connectivity index (χ2v) is 5.56. The first-order chi connectivity index (χ1) is 8.35. The maximum absolute atomic E-state index is 3.24. The van der Waals surface area contributed by atoms with Crippen molar-refractivity contribution in [2.75, 3.05) is 5.75 Å². The summed E-state index contributed by atoms with van der Waals surface area (Å²) in [7, 11) is 0. The van der Waals surface area contributed by atoms with Crippen molar-refractivity contribution in [2.24, 2.45) is 0 Å². The maximum Gasteiger partial charge on any atom is 0.00921 e. The summed E-state index contributed by atoms with van der Waals surface area (Å²) in [6, 6.07) is 0. The van der Waals surface area contributed by atoms with Crippen LogP contribution in [0.1, 0.15) is 72.1 Å². The van der Waals surface area contributed by atoms with E-state index in [0.29, 0.717) is 0 Å². The predicted octanol–water partition coefficient (Wildman–Crippen LogP) is 5.79. The van der Waals surface area contributed by atoms with Crippen LogP contribution in [0.25, 0.3) is 0 Å². The van der Waals surface area contributed by atoms with Gasteiger partial charge in [0.15, 0.2) is 0 Å². The number of thioether (sulfide) groups is 1. The molecule has 0 aliphatic heterocycles. The molecule has 0 saturated heterocycles. The van der Waals surface area contributed by atoms with Crippen molar-refractivity contribution in [2.45, 2.75) is 72.1 Å². The average molecular weight is 252 g/mol. The highest BCUT2D eigenvalue weighted by atomic mass is 32.2. The molecule has 0 nitrogen and oxygen atoms in total. The zero-order chi connectivity index (χ0) is 12.8. The highest BCUT2D eigenvalue weighted by Crippen LogP contribution is 2.22. The van der Waals surface area contributed by atoms with Crippen LogP contribution in [0.5, 0.6) is 0 Å². The lowest BCUT2D eigenvalue weighted by molar-refractivity contribution is 0.808. The van der Waals surface area contributed by atoms with E-state index in [9.17, 15) is 0 Å². The van der Waals surface area contributed by atoms with Crippen molar-refractivity contribution >= 4 is 11.8 Å². The largest absolute Gasteiger partial charge is 0.130 e. The molecule has 0 heterocycles. The first-order valence-electron chi connectivity index (χ1n) is 7.15. The summed E-state index contributed by atoms with van der Waals surface area (Å²) < 4.78 is 0. The molecule has 0 unspecified atom stereocenters. The SMILES string of the molecule is CCCCC#C/C=C(/CCCC)SCCCC. The van der Waals surface area contributed by atoms with E-state index in [1.54, 1.807) is 0 Å². The van der Waals surface area contributed by atoms with E-state index in [1.807, 2.05) is 11.8 Å². The number of hydrogen-bond donors (Lipinski definition) is 0. The molecule has 98 valence electrons. The number of hydrogen-bond acceptors (Lipinski definition) is 1. The third-order valence-corrected chi connectivity index (χ3v) is 3.74. The van der Waals surface area contributed by atoms with Crippen molar-refractivity contribution in [1.82, 2.24) is 0 Å². The zero-order valence-corrected chi connectivity index (χ0v) is 12.7. The summed E-state index contributed by atoms with van der Waals surface area (Å²) in [5.41, 5.74) is 0. The van der Waals surface area contributed by atoms with E-state index in [1.165, 1.54) is 55.6 Å². The molecular formula is C16H28S. The van der Waals surface area contributed by atoms with Gasteiger partial charge in [0.05, 0.1) is 0 Å². The van der Waals surface area contributed by atoms with E-state index in [-0.39, 0.29) is 0 Å². The molecule has 0 atom stereocenters. The number of rotatable bonds is 9. The van der Waals surface area contributed by atoms with Gasteiger partial charge < -0.3 is 0 Å². The lowest BCUT2D eigenvalue weighted by Crippen LogP contribution is -1.83. The lowest BCUT2D eigenvalue weighted by atomic mass is 10.2. The Morgan fingerprint density at radius 3 is 2.35 bits per heavy atom. The molecule has 0 spiro atoms. The van der Waals surface area contributed by atoms with Gasteiger partial charge in [-0.3, -0.25) is 0 Å². The van der Waals surface area contributed by atoms with E-state index in [0.717, 1.165) is 6.42 Å². The fraction of sp³-hybridized carbons (Fsp3) is 0.750. The Kier molecular flexibility index (Phi) is 13.4. The van der Waals surface area contributed by atoms with Gasteiger partial charge in [0.25, 0.3) is 0 Å². The first-order valence-corrected chi connectivity index (χ1v) is 8.13. The molecular weight excluding hydrogens is 224 g/mol. The predicted molar refractivity (Wildman–Crippen MR) is 82.3 cm³/mol. The van der Waals surface area contributed by atoms with Gasteiger partial charge in [0, 0.05) is 6.42 Å². The van der Waals surface area contributed by atoms with E-state index >= 15 is 0 Å². The fourth-order valence-corrected chi connectivity index (χ4v) is 2.48. The minimum atomic E-state index is 1.05. The standard InChI is InChI=1S/C16H28S/c1-4-7-10-11-12-14-16(13-8-5-2)17-15-9-6-3/h14H,4-10,13,15H2,1-3H3/b16-14-. The molecule has 0 rings (SSSR count). The summed E-state index contributed by atoms with van der Waals surface area (Å²) in [6.07, 6.45) is 12.1. The Balaban J connectivity index is 4.02. The van der Waals surface area contributed by atoms with Crippen LogP contribution in [0.2, 0.25) is 0 Å². The normalized spacial score (nSPS) is 11.1. The Morgan fingerprint density at radius 2 is 1.71 bits per heavy atom. The smallest absolute Gasteiger partial charge is 0.00921 e. The first kappa shape index (κ1) is 16.6. The third kappa shape index (κ3) is 11.9. The second kappa shape index (κ2) is 13.7. The van der Waals surface area contributed by atoms with Crippen LogP contribution in [0.15, 0.2) is 11.0 Å². The molecule has 0 aromatic heterocycles. The van der Waals surface area contributed by atoms with Gasteiger partial charge in [-0.05, 0) is 42.4 Å². The zero-order valence-electron chi connectivity index (χ0n) is 11.8. The van der Waals surface area contributed by atoms with Crippen molar-refractivity contribution in [3.8, 4) is 11.8 Å². The van der Waals surface area contributed by atoms with Crippen molar-refractivity contribution in [1.29, 1.82) is 0 Å². The molecule has 0 aliphatic carbocycles. The highest BCUT2D eigenvalue weighted by molar-refractivity contribution is 8.03. The van der Waals surface area contributed by atoms with Crippen LogP contribution in [0.3, 0.4) is 0 Å². The van der Waals surface area contributed by atoms with Crippen LogP contribution < -0.4 is 0 Å². The minimum Gasteiger partial charge on any atom is -0.130 e. The van der Waals surface area contributed by atoms with Crippen molar-refractivity contribution < 1.29 is 0 Å². The van der Waals surface area contributed by atoms with Crippen LogP contribution >= 0.6 is 11.8 Å². The van der Waals surface area contributed by atoms with Gasteiger partial charge in [-0.1, -0.05) is 51.9 Å². The van der Waals surface area contributed by atoms with Crippen LogP contribution in [0, 0.1) is 11.8 Å². The molecule has 0 N–H and O–H groups in total. The van der Waals surface area contributed by atoms with Gasteiger partial charge in [0.2, 0.25) is 0 Å². The summed E-state index contributed by atoms with van der Waals surface area (Å²) >= 11 is 2.01. The van der Waals surface area contributed by atoms with Crippen molar-refractivity contribution in [3.05, 3.63) is 11.0 Å². The van der Waals surface area contributed by atoms with Gasteiger partial charge in [-0.25, -0.2) is 0 Å². The molecule has 0 saturated carbocycles. The molecule has 0 amide bonds. The summed E-state index contributed by atoms with van der Waals surface area (Å²) in [5, 5.41) is 0. The molecule has 0 fully saturated rings. The van der Waals surface area contributed by atoms with E-state index in [4.69, 9.17) is 0 Å². The second-order valence-electron chi connectivity index (χ2n) is 4.34. The Morgan fingerprint density at radius 1 is 1.00 bits per heavy atom. The van der Waals surface area contributed by atoms with Gasteiger partial charge >= 0.3 is 0 Å². The maximum atomic E-state index is 3.24. The highest BCUT2D eigenvalue weighted by Gasteiger charge is 1.96.